The average molecular weight is 228 g/mol. The lowest BCUT2D eigenvalue weighted by Gasteiger charge is -2.26. The van der Waals surface area contributed by atoms with E-state index in [1.54, 1.807) is 4.90 Å². The van der Waals surface area contributed by atoms with E-state index in [9.17, 15) is 14.0 Å². The molecule has 1 atom stereocenters. The van der Waals surface area contributed by atoms with Crippen molar-refractivity contribution in [1.29, 1.82) is 0 Å². The molecule has 0 saturated carbocycles. The van der Waals surface area contributed by atoms with Crippen molar-refractivity contribution in [3.05, 3.63) is 0 Å². The minimum Gasteiger partial charge on any atom is -0.341 e. The Balaban J connectivity index is 2.11. The highest BCUT2D eigenvalue weighted by Crippen LogP contribution is 2.05. The molecule has 2 amide bonds. The second kappa shape index (κ2) is 4.56. The third-order valence-electron chi connectivity index (χ3n) is 2.54. The first-order valence-electron chi connectivity index (χ1n) is 5.21. The average Bonchev–Trinajstić information content (AvgIpc) is 2.53. The first-order chi connectivity index (χ1) is 7.68. The van der Waals surface area contributed by atoms with Gasteiger partial charge in [-0.3, -0.25) is 14.9 Å². The molecular formula is C9H13FN4O2. The largest absolute Gasteiger partial charge is 0.341 e. The van der Waals surface area contributed by atoms with Crippen LogP contribution in [0.25, 0.3) is 0 Å². The summed E-state index contributed by atoms with van der Waals surface area (Å²) in [4.78, 5) is 27.5. The smallest absolute Gasteiger partial charge is 0.293 e. The van der Waals surface area contributed by atoms with Gasteiger partial charge >= 0.3 is 0 Å². The molecule has 0 radical (unpaired) electrons. The normalized spacial score (nSPS) is 27.2. The molecule has 16 heavy (non-hydrogen) atoms. The number of rotatable bonds is 0. The zero-order valence-corrected chi connectivity index (χ0v) is 8.70. The van der Waals surface area contributed by atoms with E-state index in [1.807, 2.05) is 0 Å². The highest BCUT2D eigenvalue weighted by molar-refractivity contribution is 6.17. The van der Waals surface area contributed by atoms with E-state index in [2.05, 4.69) is 15.6 Å². The molecule has 7 heteroatoms. The van der Waals surface area contributed by atoms with Crippen LogP contribution in [0.2, 0.25) is 0 Å². The SMILES string of the molecule is O=C1N=C(N2CCCNCC2)NC(=O)C1F. The van der Waals surface area contributed by atoms with Gasteiger partial charge in [0, 0.05) is 19.6 Å². The molecule has 2 rings (SSSR count). The molecule has 2 heterocycles. The maximum atomic E-state index is 12.9. The number of guanidine groups is 1. The van der Waals surface area contributed by atoms with Gasteiger partial charge in [0.2, 0.25) is 5.96 Å². The molecule has 1 saturated heterocycles. The second-order valence-corrected chi connectivity index (χ2v) is 3.72. The molecule has 0 aromatic rings. The zero-order valence-electron chi connectivity index (χ0n) is 8.70. The van der Waals surface area contributed by atoms with Crippen molar-refractivity contribution in [3.63, 3.8) is 0 Å². The number of halogens is 1. The van der Waals surface area contributed by atoms with E-state index < -0.39 is 18.0 Å². The number of aliphatic imine (C=N–C) groups is 1. The van der Waals surface area contributed by atoms with Gasteiger partial charge < -0.3 is 10.2 Å². The van der Waals surface area contributed by atoms with Crippen molar-refractivity contribution in [2.45, 2.75) is 12.6 Å². The molecule has 2 aliphatic heterocycles. The molecule has 6 nitrogen and oxygen atoms in total. The van der Waals surface area contributed by atoms with Crippen molar-refractivity contribution in [2.24, 2.45) is 4.99 Å². The molecule has 1 fully saturated rings. The Labute approximate surface area is 91.9 Å². The standard InChI is InChI=1S/C9H13FN4O2/c10-6-7(15)12-9(13-8(6)16)14-4-1-2-11-3-5-14/h6,11H,1-5H2,(H,12,13,15,16). The summed E-state index contributed by atoms with van der Waals surface area (Å²) in [6, 6.07) is 0. The Hall–Kier alpha value is -1.50. The fourth-order valence-corrected chi connectivity index (χ4v) is 1.68. The van der Waals surface area contributed by atoms with Crippen LogP contribution >= 0.6 is 0 Å². The summed E-state index contributed by atoms with van der Waals surface area (Å²) < 4.78 is 12.9. The minimum atomic E-state index is -2.16. The van der Waals surface area contributed by atoms with Gasteiger partial charge in [0.25, 0.3) is 18.0 Å². The van der Waals surface area contributed by atoms with Crippen LogP contribution in [0.4, 0.5) is 4.39 Å². The topological polar surface area (TPSA) is 73.8 Å². The van der Waals surface area contributed by atoms with Gasteiger partial charge in [0.15, 0.2) is 0 Å². The Morgan fingerprint density at radius 1 is 1.31 bits per heavy atom. The fourth-order valence-electron chi connectivity index (χ4n) is 1.68. The molecule has 0 aromatic heterocycles. The highest BCUT2D eigenvalue weighted by atomic mass is 19.1. The Morgan fingerprint density at radius 2 is 2.12 bits per heavy atom. The molecule has 2 aliphatic rings. The number of amides is 2. The molecular weight excluding hydrogens is 215 g/mol. The van der Waals surface area contributed by atoms with Crippen LogP contribution in [-0.4, -0.2) is 55.0 Å². The fraction of sp³-hybridized carbons (Fsp3) is 0.667. The third kappa shape index (κ3) is 2.19. The van der Waals surface area contributed by atoms with Gasteiger partial charge in [-0.1, -0.05) is 0 Å². The van der Waals surface area contributed by atoms with Crippen LogP contribution in [0.5, 0.6) is 0 Å². The van der Waals surface area contributed by atoms with E-state index in [4.69, 9.17) is 0 Å². The quantitative estimate of drug-likeness (QED) is 0.502. The highest BCUT2D eigenvalue weighted by Gasteiger charge is 2.33. The second-order valence-electron chi connectivity index (χ2n) is 3.72. The van der Waals surface area contributed by atoms with Crippen molar-refractivity contribution in [2.75, 3.05) is 26.2 Å². The maximum Gasteiger partial charge on any atom is 0.293 e. The summed E-state index contributed by atoms with van der Waals surface area (Å²) >= 11 is 0. The number of nitrogens with zero attached hydrogens (tertiary/aromatic N) is 2. The molecule has 0 spiro atoms. The first-order valence-corrected chi connectivity index (χ1v) is 5.21. The van der Waals surface area contributed by atoms with Crippen LogP contribution in [0.15, 0.2) is 4.99 Å². The molecule has 1 unspecified atom stereocenters. The van der Waals surface area contributed by atoms with Crippen molar-refractivity contribution in [3.8, 4) is 0 Å². The number of alkyl halides is 1. The van der Waals surface area contributed by atoms with Gasteiger partial charge in [-0.15, -0.1) is 0 Å². The van der Waals surface area contributed by atoms with E-state index in [1.165, 1.54) is 0 Å². The number of carbonyl (C=O) groups excluding carboxylic acids is 2. The van der Waals surface area contributed by atoms with E-state index in [0.29, 0.717) is 13.1 Å². The van der Waals surface area contributed by atoms with Crippen molar-refractivity contribution in [1.82, 2.24) is 15.5 Å². The van der Waals surface area contributed by atoms with E-state index >= 15 is 0 Å². The lowest BCUT2D eigenvalue weighted by molar-refractivity contribution is -0.134. The summed E-state index contributed by atoms with van der Waals surface area (Å²) in [5, 5.41) is 5.49. The van der Waals surface area contributed by atoms with Gasteiger partial charge in [-0.05, 0) is 13.0 Å². The Kier molecular flexibility index (Phi) is 3.14. The summed E-state index contributed by atoms with van der Waals surface area (Å²) in [5.74, 6) is -1.77. The van der Waals surface area contributed by atoms with Gasteiger partial charge in [0.05, 0.1) is 0 Å². The predicted molar refractivity (Wildman–Crippen MR) is 54.5 cm³/mol. The van der Waals surface area contributed by atoms with Gasteiger partial charge in [0.1, 0.15) is 0 Å². The third-order valence-corrected chi connectivity index (χ3v) is 2.54. The number of carbonyl (C=O) groups is 2. The van der Waals surface area contributed by atoms with E-state index in [0.717, 1.165) is 19.5 Å². The summed E-state index contributed by atoms with van der Waals surface area (Å²) in [5.41, 5.74) is 0. The van der Waals surface area contributed by atoms with Gasteiger partial charge in [-0.2, -0.15) is 4.99 Å². The summed E-state index contributed by atoms with van der Waals surface area (Å²) in [6.45, 7) is 2.97. The molecule has 0 bridgehead atoms. The van der Waals surface area contributed by atoms with E-state index in [-0.39, 0.29) is 5.96 Å². The van der Waals surface area contributed by atoms with Crippen LogP contribution in [-0.2, 0) is 9.59 Å². The number of nitrogens with one attached hydrogen (secondary N) is 2. The van der Waals surface area contributed by atoms with Crippen LogP contribution in [0.3, 0.4) is 0 Å². The molecule has 88 valence electrons. The summed E-state index contributed by atoms with van der Waals surface area (Å²) in [6.07, 6.45) is -1.27. The predicted octanol–water partition coefficient (Wildman–Crippen LogP) is -1.37. The van der Waals surface area contributed by atoms with Crippen molar-refractivity contribution < 1.29 is 14.0 Å². The number of hydrogen-bond donors (Lipinski definition) is 2. The molecule has 2 N–H and O–H groups in total. The molecule has 0 aliphatic carbocycles. The minimum absolute atomic E-state index is 0.174. The number of hydrogen-bond acceptors (Lipinski definition) is 4. The first kappa shape index (κ1) is 11.0. The molecule has 0 aromatic carbocycles. The lowest BCUT2D eigenvalue weighted by atomic mass is 10.3. The van der Waals surface area contributed by atoms with Crippen molar-refractivity contribution >= 4 is 17.8 Å². The van der Waals surface area contributed by atoms with Crippen LogP contribution < -0.4 is 10.6 Å². The van der Waals surface area contributed by atoms with Crippen LogP contribution in [0.1, 0.15) is 6.42 Å². The zero-order chi connectivity index (χ0) is 11.5. The summed E-state index contributed by atoms with van der Waals surface area (Å²) in [7, 11) is 0. The van der Waals surface area contributed by atoms with Crippen LogP contribution in [0, 0.1) is 0 Å². The lowest BCUT2D eigenvalue weighted by Crippen LogP contribution is -2.53. The Morgan fingerprint density at radius 3 is 2.88 bits per heavy atom. The Bertz CT molecular complexity index is 336. The monoisotopic (exact) mass is 228 g/mol. The van der Waals surface area contributed by atoms with Gasteiger partial charge in [-0.25, -0.2) is 4.39 Å². The maximum absolute atomic E-state index is 12.9.